The molecule has 0 aliphatic rings. The molecule has 5 rings (SSSR count). The van der Waals surface area contributed by atoms with Crippen LogP contribution in [0.15, 0.2) is 72.8 Å². The van der Waals surface area contributed by atoms with Gasteiger partial charge in [0.1, 0.15) is 5.82 Å². The Kier molecular flexibility index (Phi) is 4.18. The van der Waals surface area contributed by atoms with Gasteiger partial charge in [0.15, 0.2) is 11.6 Å². The van der Waals surface area contributed by atoms with Gasteiger partial charge >= 0.3 is 0 Å². The molecule has 0 spiro atoms. The Labute approximate surface area is 174 Å². The molecule has 0 aliphatic heterocycles. The summed E-state index contributed by atoms with van der Waals surface area (Å²) in [6, 6.07) is 25.1. The molecule has 0 fully saturated rings. The summed E-state index contributed by atoms with van der Waals surface area (Å²) in [7, 11) is 0. The van der Waals surface area contributed by atoms with Gasteiger partial charge in [-0.15, -0.1) is 11.3 Å². The molecular weight excluding hydrogens is 374 g/mol. The van der Waals surface area contributed by atoms with Gasteiger partial charge in [-0.3, -0.25) is 0 Å². The molecule has 0 radical (unpaired) electrons. The van der Waals surface area contributed by atoms with Crippen molar-refractivity contribution in [1.82, 2.24) is 15.0 Å². The van der Waals surface area contributed by atoms with E-state index in [1.807, 2.05) is 41.7 Å². The van der Waals surface area contributed by atoms with Crippen LogP contribution in [0.2, 0.25) is 0 Å². The summed E-state index contributed by atoms with van der Waals surface area (Å²) in [4.78, 5) is 14.6. The molecule has 29 heavy (non-hydrogen) atoms. The molecule has 3 nitrogen and oxygen atoms in total. The van der Waals surface area contributed by atoms with E-state index in [-0.39, 0.29) is 5.41 Å². The van der Waals surface area contributed by atoms with E-state index in [9.17, 15) is 0 Å². The highest BCUT2D eigenvalue weighted by Gasteiger charge is 2.22. The maximum absolute atomic E-state index is 4.92. The lowest BCUT2D eigenvalue weighted by Crippen LogP contribution is -2.18. The van der Waals surface area contributed by atoms with Gasteiger partial charge in [0.2, 0.25) is 0 Å². The van der Waals surface area contributed by atoms with Crippen molar-refractivity contribution in [1.29, 1.82) is 0 Å². The molecule has 0 N–H and O–H groups in total. The molecule has 4 heteroatoms. The second-order valence-electron chi connectivity index (χ2n) is 8.20. The van der Waals surface area contributed by atoms with Gasteiger partial charge in [-0.05, 0) is 12.1 Å². The topological polar surface area (TPSA) is 38.7 Å². The zero-order valence-electron chi connectivity index (χ0n) is 16.7. The molecule has 2 heterocycles. The zero-order chi connectivity index (χ0) is 20.0. The zero-order valence-corrected chi connectivity index (χ0v) is 17.5. The van der Waals surface area contributed by atoms with E-state index in [2.05, 4.69) is 63.2 Å². The van der Waals surface area contributed by atoms with E-state index >= 15 is 0 Å². The highest BCUT2D eigenvalue weighted by molar-refractivity contribution is 7.25. The number of fused-ring (bicyclic) bond motifs is 3. The molecule has 0 aliphatic carbocycles. The van der Waals surface area contributed by atoms with Crippen LogP contribution in [0.5, 0.6) is 0 Å². The number of hydrogen-bond acceptors (Lipinski definition) is 4. The fraction of sp³-hybridized carbons (Fsp3) is 0.160. The largest absolute Gasteiger partial charge is 0.212 e. The molecule has 0 bridgehead atoms. The van der Waals surface area contributed by atoms with Gasteiger partial charge in [-0.1, -0.05) is 81.4 Å². The number of aromatic nitrogens is 3. The van der Waals surface area contributed by atoms with E-state index in [0.29, 0.717) is 0 Å². The normalized spacial score (nSPS) is 12.0. The van der Waals surface area contributed by atoms with E-state index in [0.717, 1.165) is 28.6 Å². The first-order chi connectivity index (χ1) is 14.0. The minimum absolute atomic E-state index is 0.175. The number of rotatable bonds is 2. The van der Waals surface area contributed by atoms with Crippen LogP contribution in [-0.2, 0) is 5.41 Å². The van der Waals surface area contributed by atoms with Crippen LogP contribution in [0.3, 0.4) is 0 Å². The lowest BCUT2D eigenvalue weighted by molar-refractivity contribution is 0.543. The van der Waals surface area contributed by atoms with Crippen molar-refractivity contribution in [3.05, 3.63) is 78.6 Å². The molecule has 0 saturated heterocycles. The lowest BCUT2D eigenvalue weighted by atomic mass is 9.95. The first-order valence-corrected chi connectivity index (χ1v) is 10.5. The number of nitrogens with zero attached hydrogens (tertiary/aromatic N) is 3. The fourth-order valence-electron chi connectivity index (χ4n) is 3.51. The average molecular weight is 396 g/mol. The van der Waals surface area contributed by atoms with Gasteiger partial charge < -0.3 is 0 Å². The summed E-state index contributed by atoms with van der Waals surface area (Å²) in [5.74, 6) is 2.26. The molecule has 0 amide bonds. The van der Waals surface area contributed by atoms with Crippen molar-refractivity contribution in [2.24, 2.45) is 0 Å². The predicted molar refractivity (Wildman–Crippen MR) is 122 cm³/mol. The summed E-state index contributed by atoms with van der Waals surface area (Å²) in [6.07, 6.45) is 0. The Hall–Kier alpha value is -3.11. The summed E-state index contributed by atoms with van der Waals surface area (Å²) < 4.78 is 2.53. The Morgan fingerprint density at radius 1 is 0.655 bits per heavy atom. The summed E-state index contributed by atoms with van der Waals surface area (Å²) >= 11 is 1.81. The molecule has 0 unspecified atom stereocenters. The third-order valence-electron chi connectivity index (χ3n) is 4.98. The van der Waals surface area contributed by atoms with E-state index < -0.39 is 0 Å². The first kappa shape index (κ1) is 18.0. The smallest absolute Gasteiger partial charge is 0.164 e. The monoisotopic (exact) mass is 395 g/mol. The molecule has 0 saturated carbocycles. The summed E-state index contributed by atoms with van der Waals surface area (Å²) in [6.45, 7) is 6.42. The minimum Gasteiger partial charge on any atom is -0.212 e. The van der Waals surface area contributed by atoms with Crippen molar-refractivity contribution >= 4 is 31.5 Å². The average Bonchev–Trinajstić information content (AvgIpc) is 3.12. The minimum atomic E-state index is -0.175. The van der Waals surface area contributed by atoms with Gasteiger partial charge in [-0.25, -0.2) is 15.0 Å². The van der Waals surface area contributed by atoms with Crippen LogP contribution in [0.1, 0.15) is 26.6 Å². The molecular formula is C25H21N3S. The second kappa shape index (κ2) is 6.75. The third kappa shape index (κ3) is 3.19. The molecule has 2 aromatic heterocycles. The quantitative estimate of drug-likeness (QED) is 0.327. The van der Waals surface area contributed by atoms with Crippen LogP contribution in [-0.4, -0.2) is 15.0 Å². The van der Waals surface area contributed by atoms with Crippen LogP contribution >= 0.6 is 11.3 Å². The van der Waals surface area contributed by atoms with Crippen molar-refractivity contribution in [2.45, 2.75) is 26.2 Å². The Balaban J connectivity index is 1.82. The Morgan fingerprint density at radius 3 is 2.14 bits per heavy atom. The molecule has 5 aromatic rings. The highest BCUT2D eigenvalue weighted by Crippen LogP contribution is 2.39. The fourth-order valence-corrected chi connectivity index (χ4v) is 4.64. The third-order valence-corrected chi connectivity index (χ3v) is 6.12. The maximum Gasteiger partial charge on any atom is 0.164 e. The van der Waals surface area contributed by atoms with Crippen molar-refractivity contribution in [3.63, 3.8) is 0 Å². The van der Waals surface area contributed by atoms with Crippen molar-refractivity contribution in [2.75, 3.05) is 0 Å². The van der Waals surface area contributed by atoms with Gasteiger partial charge in [-0.2, -0.15) is 0 Å². The van der Waals surface area contributed by atoms with Gasteiger partial charge in [0, 0.05) is 36.7 Å². The lowest BCUT2D eigenvalue weighted by Gasteiger charge is -2.18. The number of thiophene rings is 1. The van der Waals surface area contributed by atoms with E-state index in [4.69, 9.17) is 15.0 Å². The summed E-state index contributed by atoms with van der Waals surface area (Å²) in [5.41, 5.74) is 1.89. The van der Waals surface area contributed by atoms with Crippen molar-refractivity contribution < 1.29 is 0 Å². The van der Waals surface area contributed by atoms with Crippen LogP contribution in [0.4, 0.5) is 0 Å². The van der Waals surface area contributed by atoms with Crippen LogP contribution < -0.4 is 0 Å². The molecule has 142 valence electrons. The van der Waals surface area contributed by atoms with Gasteiger partial charge in [0.25, 0.3) is 0 Å². The highest BCUT2D eigenvalue weighted by atomic mass is 32.1. The second-order valence-corrected chi connectivity index (χ2v) is 9.28. The van der Waals surface area contributed by atoms with Gasteiger partial charge in [0.05, 0.1) is 0 Å². The molecule has 3 aromatic carbocycles. The standard InChI is InChI=1S/C25H21N3S/c1-25(2,3)24-27-22(16-10-5-4-6-11-16)26-23(28-24)18-13-9-15-20-21(18)17-12-7-8-14-19(17)29-20/h4-15H,1-3H3. The Bertz CT molecular complexity index is 1330. The first-order valence-electron chi connectivity index (χ1n) is 9.73. The van der Waals surface area contributed by atoms with Crippen molar-refractivity contribution in [3.8, 4) is 22.8 Å². The van der Waals surface area contributed by atoms with Crippen LogP contribution in [0.25, 0.3) is 42.9 Å². The molecule has 0 atom stereocenters. The SMILES string of the molecule is CC(C)(C)c1nc(-c2ccccc2)nc(-c2cccc3sc4ccccc4c23)n1. The number of hydrogen-bond donors (Lipinski definition) is 0. The Morgan fingerprint density at radius 2 is 1.34 bits per heavy atom. The van der Waals surface area contributed by atoms with E-state index in [1.54, 1.807) is 0 Å². The maximum atomic E-state index is 4.92. The predicted octanol–water partition coefficient (Wildman–Crippen LogP) is 6.87. The number of benzene rings is 3. The van der Waals surface area contributed by atoms with Crippen LogP contribution in [0, 0.1) is 0 Å². The van der Waals surface area contributed by atoms with E-state index in [1.165, 1.54) is 20.2 Å². The summed E-state index contributed by atoms with van der Waals surface area (Å²) in [5, 5.41) is 2.47.